The average Bonchev–Trinajstić information content (AvgIpc) is 2.66. The van der Waals surface area contributed by atoms with Crippen molar-refractivity contribution >= 4 is 6.21 Å². The molecule has 0 aliphatic carbocycles. The lowest BCUT2D eigenvalue weighted by Gasteiger charge is -2.14. The van der Waals surface area contributed by atoms with Crippen molar-refractivity contribution in [3.63, 3.8) is 0 Å². The molecule has 0 amide bonds. The van der Waals surface area contributed by atoms with E-state index in [4.69, 9.17) is 14.2 Å². The lowest BCUT2D eigenvalue weighted by molar-refractivity contribution is 0.210. The Morgan fingerprint density at radius 3 is 2.41 bits per heavy atom. The molecule has 0 unspecified atom stereocenters. The Bertz CT molecular complexity index is 747. The van der Waals surface area contributed by atoms with Crippen LogP contribution in [0.5, 0.6) is 17.4 Å². The third kappa shape index (κ3) is 6.66. The van der Waals surface area contributed by atoms with E-state index in [0.717, 1.165) is 28.2 Å². The fraction of sp³-hybridized carbons (Fsp3) is 0.333. The minimum atomic E-state index is 0.400. The number of hydrogen-bond acceptors (Lipinski definition) is 6. The van der Waals surface area contributed by atoms with E-state index in [1.54, 1.807) is 18.5 Å². The minimum Gasteiger partial charge on any atom is -0.490 e. The first kappa shape index (κ1) is 20.3. The molecule has 0 fully saturated rings. The fourth-order valence-corrected chi connectivity index (χ4v) is 2.42. The largest absolute Gasteiger partial charge is 0.490 e. The summed E-state index contributed by atoms with van der Waals surface area (Å²) in [5.41, 5.74) is 2.90. The van der Waals surface area contributed by atoms with Crippen LogP contribution in [-0.4, -0.2) is 38.1 Å². The van der Waals surface area contributed by atoms with Gasteiger partial charge in [-0.3, -0.25) is 0 Å². The van der Waals surface area contributed by atoms with Gasteiger partial charge in [-0.2, -0.15) is 0 Å². The number of oxime groups is 1. The first-order valence-corrected chi connectivity index (χ1v) is 8.77. The van der Waals surface area contributed by atoms with E-state index in [1.165, 1.54) is 7.11 Å². The standard InChI is InChI=1S/C21H26N2O4/c1-5-6-9-25-19-12-16(2)21(17(3)13-19)27-11-10-26-20-8-7-18(14-22-20)15-23-24-4/h5-8,12-15H,9-11H2,1-4H3/b6-5+,23-15+. The van der Waals surface area contributed by atoms with Crippen molar-refractivity contribution in [3.8, 4) is 17.4 Å². The molecule has 0 N–H and O–H groups in total. The van der Waals surface area contributed by atoms with Crippen molar-refractivity contribution in [2.75, 3.05) is 26.9 Å². The number of rotatable bonds is 10. The molecule has 0 radical (unpaired) electrons. The first-order valence-electron chi connectivity index (χ1n) is 8.77. The van der Waals surface area contributed by atoms with Gasteiger partial charge in [0.15, 0.2) is 0 Å². The number of allylic oxidation sites excluding steroid dienone is 1. The van der Waals surface area contributed by atoms with Gasteiger partial charge < -0.3 is 19.0 Å². The van der Waals surface area contributed by atoms with Gasteiger partial charge in [0.05, 0.1) is 6.21 Å². The number of pyridine rings is 1. The molecule has 2 rings (SSSR count). The number of benzene rings is 1. The van der Waals surface area contributed by atoms with Crippen LogP contribution in [0.2, 0.25) is 0 Å². The van der Waals surface area contributed by atoms with Gasteiger partial charge in [0.1, 0.15) is 38.4 Å². The molecular weight excluding hydrogens is 344 g/mol. The molecule has 6 heteroatoms. The topological polar surface area (TPSA) is 62.2 Å². The summed E-state index contributed by atoms with van der Waals surface area (Å²) in [5.74, 6) is 2.23. The molecule has 1 heterocycles. The summed E-state index contributed by atoms with van der Waals surface area (Å²) in [6.45, 7) is 7.37. The van der Waals surface area contributed by atoms with Crippen molar-refractivity contribution < 1.29 is 19.0 Å². The normalized spacial score (nSPS) is 11.1. The molecule has 1 aromatic heterocycles. The molecule has 0 spiro atoms. The van der Waals surface area contributed by atoms with Gasteiger partial charge in [0.2, 0.25) is 5.88 Å². The maximum Gasteiger partial charge on any atom is 0.213 e. The maximum atomic E-state index is 5.89. The van der Waals surface area contributed by atoms with Crippen LogP contribution in [0.25, 0.3) is 0 Å². The number of nitrogens with zero attached hydrogens (tertiary/aromatic N) is 2. The van der Waals surface area contributed by atoms with Crippen LogP contribution in [0.15, 0.2) is 47.8 Å². The van der Waals surface area contributed by atoms with Crippen molar-refractivity contribution in [2.45, 2.75) is 20.8 Å². The van der Waals surface area contributed by atoms with Crippen LogP contribution >= 0.6 is 0 Å². The molecule has 0 saturated heterocycles. The van der Waals surface area contributed by atoms with E-state index >= 15 is 0 Å². The predicted molar refractivity (Wildman–Crippen MR) is 106 cm³/mol. The molecule has 0 aliphatic heterocycles. The summed E-state index contributed by atoms with van der Waals surface area (Å²) >= 11 is 0. The van der Waals surface area contributed by atoms with E-state index in [0.29, 0.717) is 25.7 Å². The Morgan fingerprint density at radius 1 is 1.04 bits per heavy atom. The van der Waals surface area contributed by atoms with Crippen LogP contribution in [-0.2, 0) is 4.84 Å². The van der Waals surface area contributed by atoms with Gasteiger partial charge >= 0.3 is 0 Å². The zero-order valence-corrected chi connectivity index (χ0v) is 16.3. The van der Waals surface area contributed by atoms with E-state index in [2.05, 4.69) is 15.0 Å². The highest BCUT2D eigenvalue weighted by Crippen LogP contribution is 2.28. The summed E-state index contributed by atoms with van der Waals surface area (Å²) in [6.07, 6.45) is 7.18. The van der Waals surface area contributed by atoms with Crippen molar-refractivity contribution in [1.29, 1.82) is 0 Å². The van der Waals surface area contributed by atoms with Crippen molar-refractivity contribution in [3.05, 3.63) is 59.3 Å². The Hall–Kier alpha value is -3.02. The molecule has 0 saturated carbocycles. The highest BCUT2D eigenvalue weighted by molar-refractivity contribution is 5.78. The predicted octanol–water partition coefficient (Wildman–Crippen LogP) is 4.09. The van der Waals surface area contributed by atoms with Gasteiger partial charge in [-0.25, -0.2) is 4.98 Å². The van der Waals surface area contributed by atoms with Crippen LogP contribution in [0.1, 0.15) is 23.6 Å². The smallest absolute Gasteiger partial charge is 0.213 e. The Balaban J connectivity index is 1.83. The van der Waals surface area contributed by atoms with Crippen molar-refractivity contribution in [2.24, 2.45) is 5.16 Å². The highest BCUT2D eigenvalue weighted by atomic mass is 16.6. The molecule has 0 atom stereocenters. The molecule has 0 aliphatic rings. The van der Waals surface area contributed by atoms with Gasteiger partial charge in [-0.05, 0) is 50.1 Å². The lowest BCUT2D eigenvalue weighted by atomic mass is 10.1. The number of aryl methyl sites for hydroxylation is 2. The maximum absolute atomic E-state index is 5.89. The summed E-state index contributed by atoms with van der Waals surface area (Å²) in [5, 5.41) is 3.69. The fourth-order valence-electron chi connectivity index (χ4n) is 2.42. The second-order valence-electron chi connectivity index (χ2n) is 5.81. The van der Waals surface area contributed by atoms with E-state index < -0.39 is 0 Å². The molecule has 6 nitrogen and oxygen atoms in total. The summed E-state index contributed by atoms with van der Waals surface area (Å²) in [6, 6.07) is 7.60. The SMILES string of the molecule is C/C=C/COc1cc(C)c(OCCOc2ccc(/C=N/OC)cn2)c(C)c1. The Kier molecular flexibility index (Phi) is 8.16. The Labute approximate surface area is 160 Å². The van der Waals surface area contributed by atoms with Crippen LogP contribution in [0.4, 0.5) is 0 Å². The van der Waals surface area contributed by atoms with E-state index in [-0.39, 0.29) is 0 Å². The number of hydrogen-bond donors (Lipinski definition) is 0. The molecular formula is C21H26N2O4. The number of aromatic nitrogens is 1. The van der Waals surface area contributed by atoms with Crippen molar-refractivity contribution in [1.82, 2.24) is 4.98 Å². The molecule has 144 valence electrons. The monoisotopic (exact) mass is 370 g/mol. The van der Waals surface area contributed by atoms with Crippen LogP contribution in [0.3, 0.4) is 0 Å². The van der Waals surface area contributed by atoms with Gasteiger partial charge in [0, 0.05) is 17.8 Å². The lowest BCUT2D eigenvalue weighted by Crippen LogP contribution is -2.11. The second kappa shape index (κ2) is 10.9. The van der Waals surface area contributed by atoms with E-state index in [9.17, 15) is 0 Å². The third-order valence-electron chi connectivity index (χ3n) is 3.66. The quantitative estimate of drug-likeness (QED) is 0.273. The molecule has 27 heavy (non-hydrogen) atoms. The second-order valence-corrected chi connectivity index (χ2v) is 5.81. The average molecular weight is 370 g/mol. The molecule has 1 aromatic carbocycles. The Morgan fingerprint density at radius 2 is 1.78 bits per heavy atom. The zero-order chi connectivity index (χ0) is 19.5. The zero-order valence-electron chi connectivity index (χ0n) is 16.3. The number of ether oxygens (including phenoxy) is 3. The van der Waals surface area contributed by atoms with Crippen LogP contribution < -0.4 is 14.2 Å². The summed E-state index contributed by atoms with van der Waals surface area (Å²) < 4.78 is 17.2. The minimum absolute atomic E-state index is 0.400. The highest BCUT2D eigenvalue weighted by Gasteiger charge is 2.07. The van der Waals surface area contributed by atoms with Crippen LogP contribution in [0, 0.1) is 13.8 Å². The van der Waals surface area contributed by atoms with Gasteiger partial charge in [-0.1, -0.05) is 17.3 Å². The van der Waals surface area contributed by atoms with Gasteiger partial charge in [-0.15, -0.1) is 0 Å². The van der Waals surface area contributed by atoms with Gasteiger partial charge in [0.25, 0.3) is 0 Å². The van der Waals surface area contributed by atoms with E-state index in [1.807, 2.05) is 51.1 Å². The summed E-state index contributed by atoms with van der Waals surface area (Å²) in [7, 11) is 1.50. The first-order chi connectivity index (χ1) is 13.1. The molecule has 0 bridgehead atoms. The summed E-state index contributed by atoms with van der Waals surface area (Å²) in [4.78, 5) is 8.84. The molecule has 2 aromatic rings. The third-order valence-corrected chi connectivity index (χ3v) is 3.66.